The molecule has 1 aromatic heterocycles. The van der Waals surface area contributed by atoms with Crippen molar-refractivity contribution in [2.45, 2.75) is 104 Å². The van der Waals surface area contributed by atoms with Crippen LogP contribution in [0.15, 0.2) is 54.6 Å². The van der Waals surface area contributed by atoms with Crippen molar-refractivity contribution in [3.05, 3.63) is 65.9 Å². The van der Waals surface area contributed by atoms with E-state index >= 15 is 0 Å². The SMILES string of the molecule is CC1CC(C(=O)OCC(=O)c2ccc(-c3ccc4nc(C(=O)COC(=O)C5CCC(C)N5C(=O)OC(C)(C)C)ccc4c3)cc2)N(C(=O)OC(C)(C)C)C1. The number of ether oxygens (including phenoxy) is 4. The molecule has 5 rings (SSSR count). The smallest absolute Gasteiger partial charge is 0.411 e. The Morgan fingerprint density at radius 2 is 1.30 bits per heavy atom. The first-order valence-corrected chi connectivity index (χ1v) is 18.2. The zero-order chi connectivity index (χ0) is 39.5. The van der Waals surface area contributed by atoms with E-state index in [0.29, 0.717) is 36.9 Å². The second-order valence-corrected chi connectivity index (χ2v) is 16.1. The maximum Gasteiger partial charge on any atom is 0.411 e. The van der Waals surface area contributed by atoms with Crippen LogP contribution in [0.3, 0.4) is 0 Å². The number of likely N-dealkylation sites (tertiary alicyclic amines) is 2. The van der Waals surface area contributed by atoms with Gasteiger partial charge in [-0.3, -0.25) is 19.4 Å². The largest absolute Gasteiger partial charge is 0.456 e. The zero-order valence-electron chi connectivity index (χ0n) is 32.2. The molecular weight excluding hydrogens is 694 g/mol. The molecule has 2 aliphatic heterocycles. The Bertz CT molecular complexity index is 1930. The van der Waals surface area contributed by atoms with Crippen LogP contribution in [0.4, 0.5) is 9.59 Å². The molecule has 0 aliphatic carbocycles. The van der Waals surface area contributed by atoms with Crippen LogP contribution in [-0.2, 0) is 28.5 Å². The number of aromatic nitrogens is 1. The summed E-state index contributed by atoms with van der Waals surface area (Å²) >= 11 is 0. The quantitative estimate of drug-likeness (QED) is 0.129. The summed E-state index contributed by atoms with van der Waals surface area (Å²) in [7, 11) is 0. The third-order valence-electron chi connectivity index (χ3n) is 9.16. The Morgan fingerprint density at radius 1 is 0.704 bits per heavy atom. The number of fused-ring (bicyclic) bond motifs is 1. The number of esters is 2. The lowest BCUT2D eigenvalue weighted by molar-refractivity contribution is -0.148. The number of carbonyl (C=O) groups is 6. The highest BCUT2D eigenvalue weighted by molar-refractivity contribution is 6.00. The molecule has 54 heavy (non-hydrogen) atoms. The van der Waals surface area contributed by atoms with Gasteiger partial charge in [0, 0.05) is 23.5 Å². The van der Waals surface area contributed by atoms with Gasteiger partial charge in [-0.1, -0.05) is 43.3 Å². The minimum Gasteiger partial charge on any atom is -0.456 e. The fourth-order valence-corrected chi connectivity index (χ4v) is 6.56. The predicted molar refractivity (Wildman–Crippen MR) is 199 cm³/mol. The molecule has 2 aromatic carbocycles. The average Bonchev–Trinajstić information content (AvgIpc) is 3.70. The molecule has 0 saturated carbocycles. The number of pyridine rings is 1. The molecule has 13 heteroatoms. The molecule has 2 amide bonds. The number of nitrogens with zero attached hydrogens (tertiary/aromatic N) is 3. The van der Waals surface area contributed by atoms with Crippen molar-refractivity contribution in [2.24, 2.45) is 5.92 Å². The number of hydrogen-bond acceptors (Lipinski definition) is 11. The second kappa shape index (κ2) is 16.0. The number of Topliss-reactive ketones (excluding diaryl/α,β-unsaturated/α-hetero) is 2. The zero-order valence-corrected chi connectivity index (χ0v) is 32.2. The van der Waals surface area contributed by atoms with E-state index in [2.05, 4.69) is 4.98 Å². The minimum atomic E-state index is -0.834. The molecule has 0 radical (unpaired) electrons. The van der Waals surface area contributed by atoms with Crippen molar-refractivity contribution in [1.29, 1.82) is 0 Å². The highest BCUT2D eigenvalue weighted by Crippen LogP contribution is 2.29. The molecule has 3 heterocycles. The van der Waals surface area contributed by atoms with E-state index in [0.717, 1.165) is 16.5 Å². The number of ketones is 2. The van der Waals surface area contributed by atoms with E-state index in [1.807, 2.05) is 26.0 Å². The highest BCUT2D eigenvalue weighted by atomic mass is 16.6. The monoisotopic (exact) mass is 743 g/mol. The van der Waals surface area contributed by atoms with Crippen LogP contribution in [0.25, 0.3) is 22.0 Å². The van der Waals surface area contributed by atoms with Gasteiger partial charge in [0.15, 0.2) is 19.0 Å². The Hall–Kier alpha value is -5.33. The molecule has 2 fully saturated rings. The number of rotatable bonds is 9. The van der Waals surface area contributed by atoms with Crippen LogP contribution in [0.1, 0.15) is 95.5 Å². The van der Waals surface area contributed by atoms with E-state index in [-0.39, 0.29) is 23.4 Å². The van der Waals surface area contributed by atoms with Crippen LogP contribution in [0.5, 0.6) is 0 Å². The first-order chi connectivity index (χ1) is 25.3. The van der Waals surface area contributed by atoms with Crippen molar-refractivity contribution in [1.82, 2.24) is 14.8 Å². The summed E-state index contributed by atoms with van der Waals surface area (Å²) in [4.78, 5) is 84.4. The first-order valence-electron chi connectivity index (χ1n) is 18.2. The van der Waals surface area contributed by atoms with Gasteiger partial charge in [-0.15, -0.1) is 0 Å². The number of hydrogen-bond donors (Lipinski definition) is 0. The summed E-state index contributed by atoms with van der Waals surface area (Å²) in [6, 6.07) is 13.9. The number of benzene rings is 2. The van der Waals surface area contributed by atoms with E-state index in [1.54, 1.807) is 84.0 Å². The van der Waals surface area contributed by atoms with Crippen molar-refractivity contribution in [3.63, 3.8) is 0 Å². The molecule has 0 bridgehead atoms. The summed E-state index contributed by atoms with van der Waals surface area (Å²) in [6.07, 6.45) is 0.266. The summed E-state index contributed by atoms with van der Waals surface area (Å²) in [5, 5.41) is 0.766. The van der Waals surface area contributed by atoms with Gasteiger partial charge in [0.1, 0.15) is 29.0 Å². The van der Waals surface area contributed by atoms with Crippen molar-refractivity contribution in [2.75, 3.05) is 19.8 Å². The third-order valence-corrected chi connectivity index (χ3v) is 9.16. The van der Waals surface area contributed by atoms with Crippen LogP contribution in [-0.4, -0.2) is 99.6 Å². The Kier molecular flexibility index (Phi) is 11.8. The summed E-state index contributed by atoms with van der Waals surface area (Å²) < 4.78 is 21.6. The molecular formula is C41H49N3O10. The average molecular weight is 744 g/mol. The lowest BCUT2D eigenvalue weighted by atomic mass is 10.0. The molecule has 0 spiro atoms. The topological polar surface area (TPSA) is 159 Å². The lowest BCUT2D eigenvalue weighted by Gasteiger charge is -2.30. The summed E-state index contributed by atoms with van der Waals surface area (Å²) in [5.41, 5.74) is 1.30. The molecule has 2 aliphatic rings. The lowest BCUT2D eigenvalue weighted by Crippen LogP contribution is -2.47. The highest BCUT2D eigenvalue weighted by Gasteiger charge is 2.43. The molecule has 4 unspecified atom stereocenters. The molecule has 3 aromatic rings. The molecule has 288 valence electrons. The van der Waals surface area contributed by atoms with E-state index in [9.17, 15) is 28.8 Å². The Balaban J connectivity index is 1.16. The molecule has 0 N–H and O–H groups in total. The van der Waals surface area contributed by atoms with Crippen LogP contribution in [0, 0.1) is 5.92 Å². The van der Waals surface area contributed by atoms with Gasteiger partial charge in [0.25, 0.3) is 0 Å². The normalized spacial score (nSPS) is 20.1. The Labute approximate surface area is 315 Å². The van der Waals surface area contributed by atoms with Crippen molar-refractivity contribution >= 4 is 46.6 Å². The first kappa shape index (κ1) is 39.9. The van der Waals surface area contributed by atoms with E-state index in [4.69, 9.17) is 18.9 Å². The van der Waals surface area contributed by atoms with Gasteiger partial charge in [0.05, 0.1) is 5.52 Å². The van der Waals surface area contributed by atoms with E-state index in [1.165, 1.54) is 9.80 Å². The van der Waals surface area contributed by atoms with Crippen molar-refractivity contribution < 1.29 is 47.7 Å². The van der Waals surface area contributed by atoms with Crippen molar-refractivity contribution in [3.8, 4) is 11.1 Å². The minimum absolute atomic E-state index is 0.0809. The van der Waals surface area contributed by atoms with E-state index < -0.39 is 66.4 Å². The number of carbonyl (C=O) groups excluding carboxylic acids is 6. The molecule has 2 saturated heterocycles. The van der Waals surface area contributed by atoms with Gasteiger partial charge in [-0.25, -0.2) is 24.2 Å². The van der Waals surface area contributed by atoms with Gasteiger partial charge >= 0.3 is 24.1 Å². The van der Waals surface area contributed by atoms with Crippen LogP contribution < -0.4 is 0 Å². The van der Waals surface area contributed by atoms with Gasteiger partial charge in [-0.05, 0) is 103 Å². The van der Waals surface area contributed by atoms with Gasteiger partial charge in [0.2, 0.25) is 5.78 Å². The fourth-order valence-electron chi connectivity index (χ4n) is 6.56. The number of amides is 2. The standard InChI is InChI=1S/C41H49N3O10/c1-24-19-33(43(21-24)38(49)53-40(3,4)5)37(48)51-22-34(45)27-12-10-26(11-13-27)28-14-16-30-29(20-28)15-17-31(42-30)35(46)23-52-36(47)32-18-9-25(2)44(32)39(50)54-41(6,7)8/h10-17,20,24-25,32-33H,9,18-19,21-23H2,1-8H3. The second-order valence-electron chi connectivity index (χ2n) is 16.1. The predicted octanol–water partition coefficient (Wildman–Crippen LogP) is 6.79. The maximum atomic E-state index is 13.0. The van der Waals surface area contributed by atoms with Crippen LogP contribution >= 0.6 is 0 Å². The molecule has 13 nitrogen and oxygen atoms in total. The fraction of sp³-hybridized carbons (Fsp3) is 0.488. The Morgan fingerprint density at radius 3 is 1.94 bits per heavy atom. The summed E-state index contributed by atoms with van der Waals surface area (Å²) in [5.74, 6) is -2.08. The third kappa shape index (κ3) is 9.80. The maximum absolute atomic E-state index is 13.0. The van der Waals surface area contributed by atoms with Gasteiger partial charge in [-0.2, -0.15) is 0 Å². The van der Waals surface area contributed by atoms with Crippen LogP contribution in [0.2, 0.25) is 0 Å². The summed E-state index contributed by atoms with van der Waals surface area (Å²) in [6.45, 7) is 13.7. The molecule has 4 atom stereocenters. The van der Waals surface area contributed by atoms with Gasteiger partial charge < -0.3 is 18.9 Å².